The summed E-state index contributed by atoms with van der Waals surface area (Å²) < 4.78 is 0. The van der Waals surface area contributed by atoms with Crippen LogP contribution in [0.5, 0.6) is 0 Å². The zero-order chi connectivity index (χ0) is 14.0. The number of nitrogens with two attached hydrogens (primary N) is 1. The van der Waals surface area contributed by atoms with Crippen molar-refractivity contribution in [3.63, 3.8) is 0 Å². The van der Waals surface area contributed by atoms with Crippen molar-refractivity contribution in [2.24, 2.45) is 5.73 Å². The number of fused-ring (bicyclic) bond motifs is 1. The fourth-order valence-corrected chi connectivity index (χ4v) is 1.58. The molecule has 0 saturated carbocycles. The van der Waals surface area contributed by atoms with Gasteiger partial charge < -0.3 is 11.1 Å². The van der Waals surface area contributed by atoms with Crippen LogP contribution in [0, 0.1) is 0 Å². The Morgan fingerprint density at radius 2 is 1.89 bits per heavy atom. The number of hydrogen-bond donors (Lipinski definition) is 2. The summed E-state index contributed by atoms with van der Waals surface area (Å²) in [7, 11) is 0. The third-order valence-corrected chi connectivity index (χ3v) is 3.31. The van der Waals surface area contributed by atoms with E-state index in [0.29, 0.717) is 11.1 Å². The molecule has 0 saturated heterocycles. The van der Waals surface area contributed by atoms with E-state index < -0.39 is 5.54 Å². The smallest absolute Gasteiger partial charge is 0.251 e. The molecule has 0 spiro atoms. The molecule has 1 unspecified atom stereocenters. The van der Waals surface area contributed by atoms with Crippen LogP contribution in [-0.2, 0) is 0 Å². The summed E-state index contributed by atoms with van der Waals surface area (Å²) in [5.74, 6) is -0.158. The van der Waals surface area contributed by atoms with E-state index in [1.54, 1.807) is 30.6 Å². The van der Waals surface area contributed by atoms with Crippen LogP contribution in [0.2, 0.25) is 0 Å². The number of carbonyl (C=O) groups is 1. The van der Waals surface area contributed by atoms with Crippen molar-refractivity contribution in [1.29, 1.82) is 0 Å². The molecule has 0 aliphatic carbocycles. The maximum atomic E-state index is 12.2. The standard InChI is InChI=1S/C14H18N4O/c1-9(15)14(2,3)18-13(19)10-4-5-11-12(8-10)17-7-6-16-11/h4-9H,15H2,1-3H3,(H,18,19). The van der Waals surface area contributed by atoms with E-state index in [9.17, 15) is 4.79 Å². The maximum absolute atomic E-state index is 12.2. The van der Waals surface area contributed by atoms with Crippen molar-refractivity contribution in [1.82, 2.24) is 15.3 Å². The molecule has 100 valence electrons. The van der Waals surface area contributed by atoms with Crippen molar-refractivity contribution < 1.29 is 4.79 Å². The van der Waals surface area contributed by atoms with Crippen molar-refractivity contribution in [3.05, 3.63) is 36.2 Å². The van der Waals surface area contributed by atoms with E-state index >= 15 is 0 Å². The fourth-order valence-electron chi connectivity index (χ4n) is 1.58. The number of nitrogens with one attached hydrogen (secondary N) is 1. The summed E-state index contributed by atoms with van der Waals surface area (Å²) in [5, 5.41) is 2.92. The highest BCUT2D eigenvalue weighted by atomic mass is 16.1. The van der Waals surface area contributed by atoms with Gasteiger partial charge in [-0.1, -0.05) is 0 Å². The Hall–Kier alpha value is -2.01. The van der Waals surface area contributed by atoms with Gasteiger partial charge in [-0.15, -0.1) is 0 Å². The number of aromatic nitrogens is 2. The lowest BCUT2D eigenvalue weighted by atomic mass is 9.96. The molecule has 1 aromatic carbocycles. The van der Waals surface area contributed by atoms with Crippen LogP contribution < -0.4 is 11.1 Å². The molecular weight excluding hydrogens is 240 g/mol. The van der Waals surface area contributed by atoms with Crippen LogP contribution in [0.4, 0.5) is 0 Å². The first-order valence-electron chi connectivity index (χ1n) is 6.19. The minimum atomic E-state index is -0.464. The van der Waals surface area contributed by atoms with Gasteiger partial charge >= 0.3 is 0 Å². The zero-order valence-electron chi connectivity index (χ0n) is 11.3. The molecule has 0 aliphatic rings. The number of amides is 1. The molecule has 1 heterocycles. The van der Waals surface area contributed by atoms with Gasteiger partial charge in [-0.05, 0) is 39.0 Å². The molecule has 0 aliphatic heterocycles. The molecule has 5 nitrogen and oxygen atoms in total. The normalized spacial score (nSPS) is 13.3. The highest BCUT2D eigenvalue weighted by Crippen LogP contribution is 2.13. The number of carbonyl (C=O) groups excluding carboxylic acids is 1. The molecule has 0 fully saturated rings. The average molecular weight is 258 g/mol. The van der Waals surface area contributed by atoms with Gasteiger partial charge in [0.05, 0.1) is 11.0 Å². The number of benzene rings is 1. The van der Waals surface area contributed by atoms with E-state index in [1.165, 1.54) is 0 Å². The van der Waals surface area contributed by atoms with Gasteiger partial charge in [-0.25, -0.2) is 0 Å². The molecule has 19 heavy (non-hydrogen) atoms. The van der Waals surface area contributed by atoms with Crippen LogP contribution in [0.3, 0.4) is 0 Å². The molecule has 5 heteroatoms. The molecule has 0 bridgehead atoms. The Morgan fingerprint density at radius 1 is 1.26 bits per heavy atom. The molecule has 3 N–H and O–H groups in total. The first-order valence-corrected chi connectivity index (χ1v) is 6.19. The summed E-state index contributed by atoms with van der Waals surface area (Å²) in [5.41, 5.74) is 7.41. The molecular formula is C14H18N4O. The lowest BCUT2D eigenvalue weighted by Crippen LogP contribution is -2.54. The van der Waals surface area contributed by atoms with Gasteiger partial charge in [0.1, 0.15) is 0 Å². The second-order valence-electron chi connectivity index (χ2n) is 5.22. The molecule has 2 aromatic rings. The zero-order valence-corrected chi connectivity index (χ0v) is 11.3. The summed E-state index contributed by atoms with van der Waals surface area (Å²) in [6.07, 6.45) is 3.23. The van der Waals surface area contributed by atoms with Crippen molar-refractivity contribution >= 4 is 16.9 Å². The first-order chi connectivity index (χ1) is 8.90. The van der Waals surface area contributed by atoms with Crippen LogP contribution in [0.15, 0.2) is 30.6 Å². The monoisotopic (exact) mass is 258 g/mol. The van der Waals surface area contributed by atoms with Gasteiger partial charge in [-0.3, -0.25) is 14.8 Å². The van der Waals surface area contributed by atoms with Crippen molar-refractivity contribution in [2.45, 2.75) is 32.4 Å². The SMILES string of the molecule is CC(N)C(C)(C)NC(=O)c1ccc2nccnc2c1. The number of rotatable bonds is 3. The topological polar surface area (TPSA) is 80.9 Å². The van der Waals surface area contributed by atoms with E-state index in [2.05, 4.69) is 15.3 Å². The van der Waals surface area contributed by atoms with Crippen molar-refractivity contribution in [2.75, 3.05) is 0 Å². The highest BCUT2D eigenvalue weighted by molar-refractivity contribution is 5.97. The Balaban J connectivity index is 2.27. The average Bonchev–Trinajstić information content (AvgIpc) is 2.37. The predicted octanol–water partition coefficient (Wildman–Crippen LogP) is 1.49. The minimum Gasteiger partial charge on any atom is -0.346 e. The minimum absolute atomic E-state index is 0.142. The van der Waals surface area contributed by atoms with Crippen LogP contribution >= 0.6 is 0 Å². The fraction of sp³-hybridized carbons (Fsp3) is 0.357. The first kappa shape index (κ1) is 13.4. The Morgan fingerprint density at radius 3 is 2.53 bits per heavy atom. The van der Waals surface area contributed by atoms with Crippen LogP contribution in [0.25, 0.3) is 11.0 Å². The summed E-state index contributed by atoms with van der Waals surface area (Å²) in [4.78, 5) is 20.6. The maximum Gasteiger partial charge on any atom is 0.251 e. The molecule has 1 atom stereocenters. The Labute approximate surface area is 112 Å². The second-order valence-corrected chi connectivity index (χ2v) is 5.22. The van der Waals surface area contributed by atoms with Crippen LogP contribution in [-0.4, -0.2) is 27.5 Å². The largest absolute Gasteiger partial charge is 0.346 e. The van der Waals surface area contributed by atoms with Crippen LogP contribution in [0.1, 0.15) is 31.1 Å². The quantitative estimate of drug-likeness (QED) is 0.874. The third-order valence-electron chi connectivity index (χ3n) is 3.31. The van der Waals surface area contributed by atoms with E-state index in [-0.39, 0.29) is 11.9 Å². The van der Waals surface area contributed by atoms with E-state index in [0.717, 1.165) is 5.52 Å². The van der Waals surface area contributed by atoms with Gasteiger partial charge in [0.2, 0.25) is 0 Å². The van der Waals surface area contributed by atoms with Gasteiger partial charge in [0.25, 0.3) is 5.91 Å². The highest BCUT2D eigenvalue weighted by Gasteiger charge is 2.25. The lowest BCUT2D eigenvalue weighted by molar-refractivity contribution is 0.0903. The van der Waals surface area contributed by atoms with Gasteiger partial charge in [0.15, 0.2) is 0 Å². The molecule has 2 rings (SSSR count). The van der Waals surface area contributed by atoms with Crippen molar-refractivity contribution in [3.8, 4) is 0 Å². The summed E-state index contributed by atoms with van der Waals surface area (Å²) in [6.45, 7) is 5.67. The number of hydrogen-bond acceptors (Lipinski definition) is 4. The Bertz CT molecular complexity index is 607. The number of nitrogens with zero attached hydrogens (tertiary/aromatic N) is 2. The summed E-state index contributed by atoms with van der Waals surface area (Å²) >= 11 is 0. The van der Waals surface area contributed by atoms with E-state index in [4.69, 9.17) is 5.73 Å². The van der Waals surface area contributed by atoms with Gasteiger partial charge in [0, 0.05) is 29.5 Å². The second kappa shape index (κ2) is 4.93. The molecule has 0 radical (unpaired) electrons. The third kappa shape index (κ3) is 2.88. The Kier molecular flexibility index (Phi) is 3.48. The summed E-state index contributed by atoms with van der Waals surface area (Å²) in [6, 6.07) is 5.12. The molecule has 1 amide bonds. The van der Waals surface area contributed by atoms with E-state index in [1.807, 2.05) is 20.8 Å². The molecule has 1 aromatic heterocycles. The lowest BCUT2D eigenvalue weighted by Gasteiger charge is -2.30. The predicted molar refractivity (Wildman–Crippen MR) is 74.7 cm³/mol. The van der Waals surface area contributed by atoms with Gasteiger partial charge in [-0.2, -0.15) is 0 Å².